The van der Waals surface area contributed by atoms with Crippen molar-refractivity contribution in [3.05, 3.63) is 53.1 Å². The molecule has 98 valence electrons. The van der Waals surface area contributed by atoms with Crippen molar-refractivity contribution in [3.8, 4) is 17.5 Å². The molecule has 1 N–H and O–H groups in total. The molecule has 0 fully saturated rings. The van der Waals surface area contributed by atoms with E-state index in [-0.39, 0.29) is 0 Å². The van der Waals surface area contributed by atoms with E-state index >= 15 is 0 Å². The molecule has 1 heterocycles. The Morgan fingerprint density at radius 3 is 2.70 bits per heavy atom. The van der Waals surface area contributed by atoms with E-state index in [0.29, 0.717) is 6.42 Å². The number of hydrogen-bond donors (Lipinski definition) is 1. The minimum Gasteiger partial charge on any atom is -0.338 e. The van der Waals surface area contributed by atoms with Crippen LogP contribution in [0.2, 0.25) is 0 Å². The lowest BCUT2D eigenvalue weighted by Gasteiger charge is -2.02. The lowest BCUT2D eigenvalue weighted by atomic mass is 10.1. The summed E-state index contributed by atoms with van der Waals surface area (Å²) >= 11 is 0. The summed E-state index contributed by atoms with van der Waals surface area (Å²) in [6.07, 6.45) is 0.425. The molecule has 0 atom stereocenters. The van der Waals surface area contributed by atoms with Crippen LogP contribution in [-0.4, -0.2) is 9.97 Å². The van der Waals surface area contributed by atoms with Crippen LogP contribution in [0.25, 0.3) is 22.4 Å². The summed E-state index contributed by atoms with van der Waals surface area (Å²) in [5, 5.41) is 8.76. The van der Waals surface area contributed by atoms with E-state index in [1.807, 2.05) is 18.2 Å². The van der Waals surface area contributed by atoms with Crippen molar-refractivity contribution < 1.29 is 0 Å². The van der Waals surface area contributed by atoms with E-state index in [1.165, 1.54) is 11.1 Å². The average molecular weight is 261 g/mol. The van der Waals surface area contributed by atoms with Gasteiger partial charge in [0, 0.05) is 5.56 Å². The van der Waals surface area contributed by atoms with Gasteiger partial charge in [0.05, 0.1) is 23.5 Å². The summed E-state index contributed by atoms with van der Waals surface area (Å²) in [6.45, 7) is 4.21. The smallest absolute Gasteiger partial charge is 0.138 e. The molecule has 1 aromatic heterocycles. The largest absolute Gasteiger partial charge is 0.338 e. The fraction of sp³-hybridized carbons (Fsp3) is 0.176. The van der Waals surface area contributed by atoms with Gasteiger partial charge >= 0.3 is 0 Å². The third-order valence-electron chi connectivity index (χ3n) is 3.61. The number of aromatic nitrogens is 2. The minimum atomic E-state index is 0.425. The highest BCUT2D eigenvalue weighted by Gasteiger charge is 2.07. The predicted molar refractivity (Wildman–Crippen MR) is 80.3 cm³/mol. The summed E-state index contributed by atoms with van der Waals surface area (Å²) in [4.78, 5) is 7.95. The molecular weight excluding hydrogens is 246 g/mol. The SMILES string of the molecule is Cc1ccc(-c2nc3ccc(CC#N)cc3[nH]2)cc1C. The van der Waals surface area contributed by atoms with E-state index in [4.69, 9.17) is 5.26 Å². The Bertz CT molecular complexity index is 822. The lowest BCUT2D eigenvalue weighted by Crippen LogP contribution is -1.84. The third-order valence-corrected chi connectivity index (χ3v) is 3.61. The van der Waals surface area contributed by atoms with E-state index in [1.54, 1.807) is 0 Å². The highest BCUT2D eigenvalue weighted by molar-refractivity contribution is 5.80. The van der Waals surface area contributed by atoms with Gasteiger partial charge in [-0.1, -0.05) is 18.2 Å². The Morgan fingerprint density at radius 1 is 1.10 bits per heavy atom. The van der Waals surface area contributed by atoms with Crippen molar-refractivity contribution in [2.24, 2.45) is 0 Å². The molecule has 0 bridgehead atoms. The van der Waals surface area contributed by atoms with Crippen LogP contribution in [0.15, 0.2) is 36.4 Å². The van der Waals surface area contributed by atoms with Crippen molar-refractivity contribution >= 4 is 11.0 Å². The summed E-state index contributed by atoms with van der Waals surface area (Å²) in [5.74, 6) is 0.872. The molecular formula is C17H15N3. The molecule has 0 aliphatic carbocycles. The zero-order valence-corrected chi connectivity index (χ0v) is 11.6. The van der Waals surface area contributed by atoms with Crippen LogP contribution >= 0.6 is 0 Å². The molecule has 20 heavy (non-hydrogen) atoms. The molecule has 0 aliphatic rings. The number of fused-ring (bicyclic) bond motifs is 1. The second-order valence-electron chi connectivity index (χ2n) is 5.07. The molecule has 2 aromatic carbocycles. The Morgan fingerprint density at radius 2 is 1.95 bits per heavy atom. The zero-order chi connectivity index (χ0) is 14.1. The Balaban J connectivity index is 2.08. The number of nitrogens with one attached hydrogen (secondary N) is 1. The van der Waals surface area contributed by atoms with Crippen molar-refractivity contribution in [2.75, 3.05) is 0 Å². The fourth-order valence-corrected chi connectivity index (χ4v) is 2.28. The molecule has 3 aromatic rings. The van der Waals surface area contributed by atoms with Gasteiger partial charge in [0.25, 0.3) is 0 Å². The normalized spacial score (nSPS) is 10.7. The van der Waals surface area contributed by atoms with Crippen LogP contribution in [0.1, 0.15) is 16.7 Å². The summed E-state index contributed by atoms with van der Waals surface area (Å²) in [6, 6.07) is 14.4. The lowest BCUT2D eigenvalue weighted by molar-refractivity contribution is 1.27. The van der Waals surface area contributed by atoms with Crippen LogP contribution in [0.3, 0.4) is 0 Å². The number of rotatable bonds is 2. The second kappa shape index (κ2) is 4.82. The van der Waals surface area contributed by atoms with Gasteiger partial charge in [-0.3, -0.25) is 0 Å². The number of imidazole rings is 1. The van der Waals surface area contributed by atoms with Crippen molar-refractivity contribution in [2.45, 2.75) is 20.3 Å². The fourth-order valence-electron chi connectivity index (χ4n) is 2.28. The molecule has 0 saturated carbocycles. The van der Waals surface area contributed by atoms with Gasteiger partial charge in [0.15, 0.2) is 0 Å². The molecule has 3 rings (SSSR count). The first-order chi connectivity index (χ1) is 9.67. The van der Waals surface area contributed by atoms with Crippen LogP contribution in [0.4, 0.5) is 0 Å². The first kappa shape index (κ1) is 12.4. The predicted octanol–water partition coefficient (Wildman–Crippen LogP) is 3.91. The number of aryl methyl sites for hydroxylation is 2. The minimum absolute atomic E-state index is 0.425. The summed E-state index contributed by atoms with van der Waals surface area (Å²) < 4.78 is 0. The molecule has 3 nitrogen and oxygen atoms in total. The quantitative estimate of drug-likeness (QED) is 0.760. The van der Waals surface area contributed by atoms with E-state index in [9.17, 15) is 0 Å². The summed E-state index contributed by atoms with van der Waals surface area (Å²) in [7, 11) is 0. The molecule has 3 heteroatoms. The van der Waals surface area contributed by atoms with Gasteiger partial charge in [0.2, 0.25) is 0 Å². The summed E-state index contributed by atoms with van der Waals surface area (Å²) in [5.41, 5.74) is 6.54. The van der Waals surface area contributed by atoms with Gasteiger partial charge < -0.3 is 4.98 Å². The third kappa shape index (κ3) is 2.17. The maximum atomic E-state index is 8.76. The zero-order valence-electron chi connectivity index (χ0n) is 11.6. The van der Waals surface area contributed by atoms with Crippen LogP contribution in [-0.2, 0) is 6.42 Å². The van der Waals surface area contributed by atoms with E-state index in [0.717, 1.165) is 28.0 Å². The highest BCUT2D eigenvalue weighted by Crippen LogP contribution is 2.23. The molecule has 0 saturated heterocycles. The number of hydrogen-bond acceptors (Lipinski definition) is 2. The monoisotopic (exact) mass is 261 g/mol. The Kier molecular flexibility index (Phi) is 3.00. The standard InChI is InChI=1S/C17H15N3/c1-11-3-5-14(9-12(11)2)17-19-15-6-4-13(7-8-18)10-16(15)20-17/h3-6,9-10H,7H2,1-2H3,(H,19,20). The number of aromatic amines is 1. The number of H-pyrrole nitrogens is 1. The number of benzene rings is 2. The van der Waals surface area contributed by atoms with Gasteiger partial charge in [0.1, 0.15) is 5.82 Å². The van der Waals surface area contributed by atoms with Gasteiger partial charge in [-0.15, -0.1) is 0 Å². The Labute approximate surface area is 117 Å². The number of nitrogens with zero attached hydrogens (tertiary/aromatic N) is 2. The molecule has 0 spiro atoms. The van der Waals surface area contributed by atoms with E-state index < -0.39 is 0 Å². The van der Waals surface area contributed by atoms with Crippen molar-refractivity contribution in [1.82, 2.24) is 9.97 Å². The topological polar surface area (TPSA) is 52.5 Å². The Hall–Kier alpha value is -2.60. The van der Waals surface area contributed by atoms with Gasteiger partial charge in [-0.05, 0) is 48.7 Å². The van der Waals surface area contributed by atoms with Gasteiger partial charge in [-0.2, -0.15) is 5.26 Å². The highest BCUT2D eigenvalue weighted by atomic mass is 14.9. The molecule has 0 aliphatic heterocycles. The average Bonchev–Trinajstić information content (AvgIpc) is 2.85. The van der Waals surface area contributed by atoms with Crippen LogP contribution in [0, 0.1) is 25.2 Å². The van der Waals surface area contributed by atoms with E-state index in [2.05, 4.69) is 48.1 Å². The number of nitriles is 1. The molecule has 0 amide bonds. The van der Waals surface area contributed by atoms with Crippen LogP contribution in [0.5, 0.6) is 0 Å². The maximum Gasteiger partial charge on any atom is 0.138 e. The van der Waals surface area contributed by atoms with Gasteiger partial charge in [-0.25, -0.2) is 4.98 Å². The molecule has 0 unspecified atom stereocenters. The van der Waals surface area contributed by atoms with Crippen molar-refractivity contribution in [1.29, 1.82) is 5.26 Å². The van der Waals surface area contributed by atoms with Crippen molar-refractivity contribution in [3.63, 3.8) is 0 Å². The first-order valence-electron chi connectivity index (χ1n) is 6.60. The second-order valence-corrected chi connectivity index (χ2v) is 5.07. The van der Waals surface area contributed by atoms with Crippen LogP contribution < -0.4 is 0 Å². The molecule has 0 radical (unpaired) electrons. The first-order valence-corrected chi connectivity index (χ1v) is 6.60. The maximum absolute atomic E-state index is 8.76.